The molecule has 3 fully saturated rings. The number of sulfone groups is 1. The molecule has 2 N–H and O–H groups in total. The van der Waals surface area contributed by atoms with Gasteiger partial charge >= 0.3 is 12.4 Å². The zero-order valence-electron chi connectivity index (χ0n) is 21.6. The van der Waals surface area contributed by atoms with Gasteiger partial charge in [0.2, 0.25) is 17.6 Å². The molecule has 1 unspecified atom stereocenters. The minimum atomic E-state index is -5.08. The number of nitrogens with zero attached hydrogens (tertiary/aromatic N) is 1. The van der Waals surface area contributed by atoms with Crippen LogP contribution in [-0.4, -0.2) is 72.9 Å². The summed E-state index contributed by atoms with van der Waals surface area (Å²) in [5, 5.41) is 2.81. The molecule has 1 heterocycles. The van der Waals surface area contributed by atoms with E-state index in [-0.39, 0.29) is 12.5 Å². The summed E-state index contributed by atoms with van der Waals surface area (Å²) in [5.74, 6) is -4.80. The first-order valence-electron chi connectivity index (χ1n) is 12.9. The number of nitrogens with one attached hydrogen (secondary N) is 2. The molecule has 16 heteroatoms. The van der Waals surface area contributed by atoms with Gasteiger partial charge in [-0.05, 0) is 50.7 Å². The highest BCUT2D eigenvalue weighted by molar-refractivity contribution is 7.92. The molecule has 0 spiro atoms. The molecule has 9 nitrogen and oxygen atoms in total. The SMILES string of the molecule is CCC(NC(=O)[C@@H]1C[C@@H](S(=O)(=O)c2ccccc2C(F)(F)F)CN1C(=O)C1(C(F)(F)F)CC1)C(=O)C(=O)NC1CC1. The average molecular weight is 612 g/mol. The molecule has 3 atom stereocenters. The predicted octanol–water partition coefficient (Wildman–Crippen LogP) is 2.53. The van der Waals surface area contributed by atoms with Gasteiger partial charge in [0.1, 0.15) is 11.5 Å². The zero-order chi connectivity index (χ0) is 30.5. The van der Waals surface area contributed by atoms with Gasteiger partial charge in [0, 0.05) is 12.6 Å². The second kappa shape index (κ2) is 10.6. The molecule has 1 aromatic rings. The highest BCUT2D eigenvalue weighted by atomic mass is 32.2. The van der Waals surface area contributed by atoms with Crippen molar-refractivity contribution in [2.45, 2.75) is 86.1 Å². The third-order valence-electron chi connectivity index (χ3n) is 7.64. The third kappa shape index (κ3) is 5.93. The molecule has 0 radical (unpaired) electrons. The maximum atomic E-state index is 13.8. The Morgan fingerprint density at radius 3 is 2.17 bits per heavy atom. The Balaban J connectivity index is 1.65. The van der Waals surface area contributed by atoms with Crippen molar-refractivity contribution in [2.75, 3.05) is 6.54 Å². The zero-order valence-corrected chi connectivity index (χ0v) is 22.5. The molecule has 1 saturated heterocycles. The number of alkyl halides is 6. The molecule has 3 aliphatic rings. The van der Waals surface area contributed by atoms with Crippen molar-refractivity contribution < 1.29 is 53.9 Å². The molecular weight excluding hydrogens is 584 g/mol. The van der Waals surface area contributed by atoms with Gasteiger partial charge in [-0.1, -0.05) is 19.1 Å². The predicted molar refractivity (Wildman–Crippen MR) is 129 cm³/mol. The number of hydrogen-bond acceptors (Lipinski definition) is 6. The lowest BCUT2D eigenvalue weighted by molar-refractivity contribution is -0.199. The third-order valence-corrected chi connectivity index (χ3v) is 9.83. The Morgan fingerprint density at radius 2 is 1.66 bits per heavy atom. The van der Waals surface area contributed by atoms with Crippen LogP contribution in [0.1, 0.15) is 51.0 Å². The van der Waals surface area contributed by atoms with E-state index in [9.17, 15) is 53.9 Å². The molecule has 0 bridgehead atoms. The van der Waals surface area contributed by atoms with Crippen molar-refractivity contribution >= 4 is 33.3 Å². The number of halogens is 6. The summed E-state index contributed by atoms with van der Waals surface area (Å²) in [4.78, 5) is 50.5. The van der Waals surface area contributed by atoms with Crippen molar-refractivity contribution in [1.82, 2.24) is 15.5 Å². The normalized spacial score (nSPS) is 23.0. The van der Waals surface area contributed by atoms with Crippen LogP contribution in [0.25, 0.3) is 0 Å². The van der Waals surface area contributed by atoms with Crippen molar-refractivity contribution in [3.8, 4) is 0 Å². The van der Waals surface area contributed by atoms with E-state index in [2.05, 4.69) is 10.6 Å². The fourth-order valence-electron chi connectivity index (χ4n) is 4.91. The summed E-state index contributed by atoms with van der Waals surface area (Å²) in [6.07, 6.45) is -10.9. The van der Waals surface area contributed by atoms with Crippen LogP contribution < -0.4 is 10.6 Å². The van der Waals surface area contributed by atoms with Gasteiger partial charge in [-0.3, -0.25) is 19.2 Å². The number of carbonyl (C=O) groups is 4. The Kier molecular flexibility index (Phi) is 7.95. The lowest BCUT2D eigenvalue weighted by Gasteiger charge is -2.30. The first kappa shape index (κ1) is 30.8. The highest BCUT2D eigenvalue weighted by Crippen LogP contribution is 2.59. The van der Waals surface area contributed by atoms with E-state index in [0.717, 1.165) is 12.1 Å². The second-order valence-electron chi connectivity index (χ2n) is 10.5. The van der Waals surface area contributed by atoms with Gasteiger partial charge in [-0.15, -0.1) is 0 Å². The highest BCUT2D eigenvalue weighted by Gasteiger charge is 2.70. The number of amides is 3. The number of benzene rings is 1. The monoisotopic (exact) mass is 611 g/mol. The molecule has 226 valence electrons. The largest absolute Gasteiger partial charge is 0.417 e. The van der Waals surface area contributed by atoms with E-state index in [0.29, 0.717) is 29.9 Å². The molecule has 4 rings (SSSR count). The van der Waals surface area contributed by atoms with Crippen molar-refractivity contribution in [3.63, 3.8) is 0 Å². The Labute approximate surface area is 230 Å². The maximum Gasteiger partial charge on any atom is 0.417 e. The number of rotatable bonds is 9. The minimum Gasteiger partial charge on any atom is -0.347 e. The second-order valence-corrected chi connectivity index (χ2v) is 12.7. The molecular formula is C25H27F6N3O6S. The Hall–Kier alpha value is -3.17. The van der Waals surface area contributed by atoms with Crippen LogP contribution in [0, 0.1) is 5.41 Å². The topological polar surface area (TPSA) is 130 Å². The van der Waals surface area contributed by atoms with E-state index in [4.69, 9.17) is 0 Å². The van der Waals surface area contributed by atoms with Gasteiger partial charge in [0.15, 0.2) is 9.84 Å². The molecule has 3 amide bonds. The summed E-state index contributed by atoms with van der Waals surface area (Å²) in [6, 6.07) is -0.250. The van der Waals surface area contributed by atoms with Gasteiger partial charge in [-0.25, -0.2) is 8.42 Å². The first-order valence-corrected chi connectivity index (χ1v) is 14.4. The van der Waals surface area contributed by atoms with Gasteiger partial charge < -0.3 is 15.5 Å². The summed E-state index contributed by atoms with van der Waals surface area (Å²) in [6.45, 7) is 0.463. The van der Waals surface area contributed by atoms with Crippen LogP contribution in [0.2, 0.25) is 0 Å². The number of carbonyl (C=O) groups excluding carboxylic acids is 4. The van der Waals surface area contributed by atoms with E-state index in [1.54, 1.807) is 0 Å². The van der Waals surface area contributed by atoms with E-state index < -0.39 is 105 Å². The van der Waals surface area contributed by atoms with Crippen LogP contribution in [0.15, 0.2) is 29.2 Å². The first-order chi connectivity index (χ1) is 18.9. The summed E-state index contributed by atoms with van der Waals surface area (Å²) >= 11 is 0. The van der Waals surface area contributed by atoms with E-state index in [1.807, 2.05) is 0 Å². The molecule has 41 heavy (non-hydrogen) atoms. The molecule has 0 aromatic heterocycles. The number of Topliss-reactive ketones (excluding diaryl/α,β-unsaturated/α-hetero) is 1. The van der Waals surface area contributed by atoms with Crippen molar-refractivity contribution in [1.29, 1.82) is 0 Å². The quantitative estimate of drug-likeness (QED) is 0.326. The minimum absolute atomic E-state index is 0.115. The van der Waals surface area contributed by atoms with Crippen LogP contribution in [0.4, 0.5) is 26.3 Å². The fraction of sp³-hybridized carbons (Fsp3) is 0.600. The summed E-state index contributed by atoms with van der Waals surface area (Å²) in [7, 11) is -4.92. The Bertz CT molecular complexity index is 1350. The lowest BCUT2D eigenvalue weighted by Crippen LogP contribution is -2.55. The molecule has 2 aliphatic carbocycles. The molecule has 1 aromatic carbocycles. The molecule has 1 aliphatic heterocycles. The van der Waals surface area contributed by atoms with Crippen LogP contribution in [0.3, 0.4) is 0 Å². The van der Waals surface area contributed by atoms with Crippen molar-refractivity contribution in [2.24, 2.45) is 5.41 Å². The molecule has 2 saturated carbocycles. The van der Waals surface area contributed by atoms with Gasteiger partial charge in [0.25, 0.3) is 5.91 Å². The summed E-state index contributed by atoms with van der Waals surface area (Å²) in [5.41, 5.74) is -4.35. The van der Waals surface area contributed by atoms with Crippen LogP contribution in [-0.2, 0) is 35.2 Å². The average Bonchev–Trinajstić information content (AvgIpc) is 3.82. The number of ketones is 1. The van der Waals surface area contributed by atoms with Crippen molar-refractivity contribution in [3.05, 3.63) is 29.8 Å². The van der Waals surface area contributed by atoms with E-state index in [1.165, 1.54) is 6.92 Å². The maximum absolute atomic E-state index is 13.8. The smallest absolute Gasteiger partial charge is 0.347 e. The van der Waals surface area contributed by atoms with Gasteiger partial charge in [-0.2, -0.15) is 26.3 Å². The van der Waals surface area contributed by atoms with Gasteiger partial charge in [0.05, 0.1) is 21.8 Å². The van der Waals surface area contributed by atoms with Crippen LogP contribution >= 0.6 is 0 Å². The van der Waals surface area contributed by atoms with E-state index >= 15 is 0 Å². The standard InChI is InChI=1S/C25H27F6N3O6S/c1-2-16(19(35)21(37)32-13-7-8-13)33-20(36)17-11-14(12-34(17)22(38)23(9-10-23)25(29,30)31)41(39,40)18-6-4-3-5-15(18)24(26,27)28/h3-6,13-14,16-17H,2,7-12H2,1H3,(H,32,37)(H,33,36)/t14-,16?,17+/m1/s1. The number of hydrogen-bond donors (Lipinski definition) is 2. The number of likely N-dealkylation sites (tertiary alicyclic amines) is 1. The van der Waals surface area contributed by atoms with Crippen LogP contribution in [0.5, 0.6) is 0 Å². The fourth-order valence-corrected chi connectivity index (χ4v) is 6.82. The Morgan fingerprint density at radius 1 is 1.05 bits per heavy atom. The lowest BCUT2D eigenvalue weighted by atomic mass is 10.0. The summed E-state index contributed by atoms with van der Waals surface area (Å²) < 4.78 is 109.